The van der Waals surface area contributed by atoms with Gasteiger partial charge in [0, 0.05) is 30.7 Å². The standard InChI is InChI=1S/C13H16ClN5O/c1-19-9-16-12(18-19)6-7-15-8-13(20)17-11-4-2-10(14)3-5-11/h2-5,9,15H,6-8H2,1H3,(H,17,20). The number of hydrogen-bond acceptors (Lipinski definition) is 4. The Morgan fingerprint density at radius 3 is 2.75 bits per heavy atom. The van der Waals surface area contributed by atoms with Gasteiger partial charge in [0.2, 0.25) is 5.91 Å². The molecule has 0 aliphatic carbocycles. The van der Waals surface area contributed by atoms with Crippen LogP contribution in [0.25, 0.3) is 0 Å². The molecular weight excluding hydrogens is 278 g/mol. The van der Waals surface area contributed by atoms with E-state index in [4.69, 9.17) is 11.6 Å². The number of benzene rings is 1. The van der Waals surface area contributed by atoms with Gasteiger partial charge in [-0.3, -0.25) is 9.48 Å². The molecule has 2 aromatic rings. The Morgan fingerprint density at radius 2 is 2.10 bits per heavy atom. The number of carbonyl (C=O) groups is 1. The minimum atomic E-state index is -0.0960. The molecule has 0 radical (unpaired) electrons. The van der Waals surface area contributed by atoms with Crippen LogP contribution in [0.5, 0.6) is 0 Å². The number of anilines is 1. The van der Waals surface area contributed by atoms with Crippen LogP contribution in [0.4, 0.5) is 5.69 Å². The molecule has 0 saturated carbocycles. The number of carbonyl (C=O) groups excluding carboxylic acids is 1. The molecule has 2 N–H and O–H groups in total. The van der Waals surface area contributed by atoms with E-state index in [1.807, 2.05) is 7.05 Å². The summed E-state index contributed by atoms with van der Waals surface area (Å²) in [6.07, 6.45) is 2.34. The van der Waals surface area contributed by atoms with E-state index in [0.717, 1.165) is 11.5 Å². The highest BCUT2D eigenvalue weighted by Gasteiger charge is 2.03. The third-order valence-electron chi connectivity index (χ3n) is 2.59. The van der Waals surface area contributed by atoms with Crippen molar-refractivity contribution in [1.29, 1.82) is 0 Å². The first-order chi connectivity index (χ1) is 9.63. The second kappa shape index (κ2) is 7.02. The van der Waals surface area contributed by atoms with Crippen molar-refractivity contribution >= 4 is 23.2 Å². The number of nitrogens with one attached hydrogen (secondary N) is 2. The Labute approximate surface area is 122 Å². The number of nitrogens with zero attached hydrogens (tertiary/aromatic N) is 3. The van der Waals surface area contributed by atoms with Crippen molar-refractivity contribution in [1.82, 2.24) is 20.1 Å². The fourth-order valence-electron chi connectivity index (χ4n) is 1.64. The van der Waals surface area contributed by atoms with E-state index < -0.39 is 0 Å². The monoisotopic (exact) mass is 293 g/mol. The quantitative estimate of drug-likeness (QED) is 0.786. The van der Waals surface area contributed by atoms with Gasteiger partial charge in [0.1, 0.15) is 6.33 Å². The van der Waals surface area contributed by atoms with Crippen LogP contribution in [0.3, 0.4) is 0 Å². The van der Waals surface area contributed by atoms with Gasteiger partial charge in [0.05, 0.1) is 6.54 Å². The van der Waals surface area contributed by atoms with Gasteiger partial charge in [-0.25, -0.2) is 4.98 Å². The van der Waals surface area contributed by atoms with Crippen molar-refractivity contribution in [2.45, 2.75) is 6.42 Å². The summed E-state index contributed by atoms with van der Waals surface area (Å²) in [6, 6.07) is 6.99. The molecule has 0 spiro atoms. The van der Waals surface area contributed by atoms with Crippen LogP contribution in [0, 0.1) is 0 Å². The second-order valence-electron chi connectivity index (χ2n) is 4.32. The lowest BCUT2D eigenvalue weighted by atomic mass is 10.3. The van der Waals surface area contributed by atoms with E-state index in [-0.39, 0.29) is 12.5 Å². The predicted octanol–water partition coefficient (Wildman–Crippen LogP) is 1.24. The van der Waals surface area contributed by atoms with Gasteiger partial charge in [-0.15, -0.1) is 0 Å². The summed E-state index contributed by atoms with van der Waals surface area (Å²) in [5.74, 6) is 0.666. The Balaban J connectivity index is 1.66. The van der Waals surface area contributed by atoms with Gasteiger partial charge in [-0.2, -0.15) is 5.10 Å². The highest BCUT2D eigenvalue weighted by atomic mass is 35.5. The van der Waals surface area contributed by atoms with Gasteiger partial charge < -0.3 is 10.6 Å². The lowest BCUT2D eigenvalue weighted by Gasteiger charge is -2.06. The maximum atomic E-state index is 11.7. The second-order valence-corrected chi connectivity index (χ2v) is 4.75. The smallest absolute Gasteiger partial charge is 0.238 e. The largest absolute Gasteiger partial charge is 0.325 e. The summed E-state index contributed by atoms with van der Waals surface area (Å²) >= 11 is 5.77. The average molecular weight is 294 g/mol. The maximum absolute atomic E-state index is 11.7. The summed E-state index contributed by atoms with van der Waals surface area (Å²) in [5.41, 5.74) is 0.729. The van der Waals surface area contributed by atoms with Gasteiger partial charge >= 0.3 is 0 Å². The van der Waals surface area contributed by atoms with Crippen molar-refractivity contribution in [2.24, 2.45) is 7.05 Å². The zero-order chi connectivity index (χ0) is 14.4. The van der Waals surface area contributed by atoms with Crippen molar-refractivity contribution in [3.8, 4) is 0 Å². The molecule has 1 amide bonds. The average Bonchev–Trinajstić information content (AvgIpc) is 2.83. The molecule has 0 aliphatic heterocycles. The van der Waals surface area contributed by atoms with Crippen molar-refractivity contribution in [3.63, 3.8) is 0 Å². The zero-order valence-corrected chi connectivity index (χ0v) is 11.9. The first kappa shape index (κ1) is 14.5. The van der Waals surface area contributed by atoms with E-state index >= 15 is 0 Å². The topological polar surface area (TPSA) is 71.8 Å². The van der Waals surface area contributed by atoms with Crippen molar-refractivity contribution in [3.05, 3.63) is 41.4 Å². The Morgan fingerprint density at radius 1 is 1.35 bits per heavy atom. The summed E-state index contributed by atoms with van der Waals surface area (Å²) in [5, 5.41) is 10.6. The molecule has 7 heteroatoms. The molecule has 0 bridgehead atoms. The Kier molecular flexibility index (Phi) is 5.09. The summed E-state index contributed by atoms with van der Waals surface area (Å²) in [7, 11) is 1.82. The van der Waals surface area contributed by atoms with E-state index in [1.54, 1.807) is 35.3 Å². The maximum Gasteiger partial charge on any atom is 0.238 e. The highest BCUT2D eigenvalue weighted by molar-refractivity contribution is 6.30. The molecule has 0 unspecified atom stereocenters. The molecule has 1 heterocycles. The third kappa shape index (κ3) is 4.64. The lowest BCUT2D eigenvalue weighted by molar-refractivity contribution is -0.115. The van der Waals surface area contributed by atoms with Crippen molar-refractivity contribution in [2.75, 3.05) is 18.4 Å². The summed E-state index contributed by atoms with van der Waals surface area (Å²) < 4.78 is 1.66. The van der Waals surface area contributed by atoms with E-state index in [2.05, 4.69) is 20.7 Å². The molecule has 0 atom stereocenters. The van der Waals surface area contributed by atoms with Crippen LogP contribution in [-0.2, 0) is 18.3 Å². The number of aryl methyl sites for hydroxylation is 1. The van der Waals surface area contributed by atoms with Crippen LogP contribution >= 0.6 is 11.6 Å². The fourth-order valence-corrected chi connectivity index (χ4v) is 1.76. The predicted molar refractivity (Wildman–Crippen MR) is 77.7 cm³/mol. The number of hydrogen-bond donors (Lipinski definition) is 2. The number of aromatic nitrogens is 3. The van der Waals surface area contributed by atoms with Crippen LogP contribution in [0.1, 0.15) is 5.82 Å². The molecule has 0 fully saturated rings. The first-order valence-corrected chi connectivity index (χ1v) is 6.62. The molecule has 2 rings (SSSR count). The number of halogens is 1. The zero-order valence-electron chi connectivity index (χ0n) is 11.1. The van der Waals surface area contributed by atoms with E-state index in [0.29, 0.717) is 18.0 Å². The van der Waals surface area contributed by atoms with Crippen LogP contribution in [0.15, 0.2) is 30.6 Å². The molecule has 6 nitrogen and oxygen atoms in total. The van der Waals surface area contributed by atoms with Gasteiger partial charge in [0.15, 0.2) is 5.82 Å². The van der Waals surface area contributed by atoms with Crippen molar-refractivity contribution < 1.29 is 4.79 Å². The summed E-state index contributed by atoms with van der Waals surface area (Å²) in [4.78, 5) is 15.8. The van der Waals surface area contributed by atoms with Gasteiger partial charge in [0.25, 0.3) is 0 Å². The number of rotatable bonds is 6. The molecule has 0 saturated heterocycles. The molecule has 20 heavy (non-hydrogen) atoms. The number of amides is 1. The third-order valence-corrected chi connectivity index (χ3v) is 2.84. The fraction of sp³-hybridized carbons (Fsp3) is 0.308. The lowest BCUT2D eigenvalue weighted by Crippen LogP contribution is -2.29. The van der Waals surface area contributed by atoms with E-state index in [1.165, 1.54) is 0 Å². The molecule has 0 aliphatic rings. The van der Waals surface area contributed by atoms with E-state index in [9.17, 15) is 4.79 Å². The summed E-state index contributed by atoms with van der Waals surface area (Å²) in [6.45, 7) is 0.896. The SMILES string of the molecule is Cn1cnc(CCNCC(=O)Nc2ccc(Cl)cc2)n1. The molecule has 1 aromatic heterocycles. The highest BCUT2D eigenvalue weighted by Crippen LogP contribution is 2.12. The Hall–Kier alpha value is -1.92. The van der Waals surface area contributed by atoms with Crippen LogP contribution in [-0.4, -0.2) is 33.8 Å². The first-order valence-electron chi connectivity index (χ1n) is 6.24. The molecule has 1 aromatic carbocycles. The Bertz CT molecular complexity index is 566. The minimum Gasteiger partial charge on any atom is -0.325 e. The van der Waals surface area contributed by atoms with Gasteiger partial charge in [-0.05, 0) is 24.3 Å². The normalized spacial score (nSPS) is 10.5. The van der Waals surface area contributed by atoms with Crippen LogP contribution < -0.4 is 10.6 Å². The molecule has 106 valence electrons. The van der Waals surface area contributed by atoms with Gasteiger partial charge in [-0.1, -0.05) is 11.6 Å². The minimum absolute atomic E-state index is 0.0960. The van der Waals surface area contributed by atoms with Crippen LogP contribution in [0.2, 0.25) is 5.02 Å². The molecular formula is C13H16ClN5O.